The van der Waals surface area contributed by atoms with Crippen molar-refractivity contribution in [1.29, 1.82) is 0 Å². The van der Waals surface area contributed by atoms with Crippen LogP contribution in [0.25, 0.3) is 11.0 Å². The van der Waals surface area contributed by atoms with E-state index in [-0.39, 0.29) is 21.3 Å². The molecule has 0 aliphatic heterocycles. The fourth-order valence-corrected chi connectivity index (χ4v) is 4.55. The molecule has 0 aliphatic rings. The predicted octanol–water partition coefficient (Wildman–Crippen LogP) is 4.32. The average Bonchev–Trinajstić information content (AvgIpc) is 3.12. The Kier molecular flexibility index (Phi) is 4.81. The summed E-state index contributed by atoms with van der Waals surface area (Å²) in [5.74, 6) is -1.16. The molecule has 2 heterocycles. The highest BCUT2D eigenvalue weighted by Crippen LogP contribution is 2.29. The summed E-state index contributed by atoms with van der Waals surface area (Å²) < 4.78 is 40.6. The van der Waals surface area contributed by atoms with Crippen LogP contribution in [0.1, 0.15) is 10.5 Å². The number of fused-ring (bicyclic) bond motifs is 1. The number of anilines is 1. The number of aromatic nitrogens is 2. The maximum Gasteiger partial charge on any atom is 0.273 e. The van der Waals surface area contributed by atoms with E-state index in [1.807, 2.05) is 0 Å². The van der Waals surface area contributed by atoms with Gasteiger partial charge in [0.05, 0.1) is 9.92 Å². The molecule has 0 atom stereocenters. The number of nitrogens with one attached hydrogen (secondary N) is 1. The number of pyridine rings is 1. The van der Waals surface area contributed by atoms with Gasteiger partial charge in [0.1, 0.15) is 11.5 Å². The summed E-state index contributed by atoms with van der Waals surface area (Å²) in [5.41, 5.74) is 0.170. The molecule has 9 heteroatoms. The minimum absolute atomic E-state index is 0.00453. The third-order valence-corrected chi connectivity index (χ3v) is 6.27. The van der Waals surface area contributed by atoms with E-state index in [2.05, 4.69) is 10.3 Å². The second-order valence-corrected chi connectivity index (χ2v) is 8.30. The highest BCUT2D eigenvalue weighted by atomic mass is 35.5. The Morgan fingerprint density at radius 1 is 1.03 bits per heavy atom. The lowest BCUT2D eigenvalue weighted by atomic mass is 10.3. The molecule has 0 saturated carbocycles. The van der Waals surface area contributed by atoms with Gasteiger partial charge in [0.2, 0.25) is 0 Å². The number of carbonyl (C=O) groups excluding carboxylic acids is 1. The van der Waals surface area contributed by atoms with Crippen LogP contribution in [0, 0.1) is 5.82 Å². The first-order valence-electron chi connectivity index (χ1n) is 8.41. The molecule has 146 valence electrons. The molecule has 4 aromatic rings. The second kappa shape index (κ2) is 7.31. The van der Waals surface area contributed by atoms with Gasteiger partial charge in [0.15, 0.2) is 5.65 Å². The first-order valence-corrected chi connectivity index (χ1v) is 10.2. The third kappa shape index (κ3) is 3.48. The SMILES string of the molecule is O=C(Nc1ccc(F)cc1)c1cc2c(Cl)ccnc2n1S(=O)(=O)c1ccccc1. The van der Waals surface area contributed by atoms with E-state index in [1.165, 1.54) is 54.7 Å². The Balaban J connectivity index is 1.90. The van der Waals surface area contributed by atoms with Crippen molar-refractivity contribution < 1.29 is 17.6 Å². The number of carbonyl (C=O) groups is 1. The molecule has 0 bridgehead atoms. The lowest BCUT2D eigenvalue weighted by Gasteiger charge is -2.11. The Morgan fingerprint density at radius 2 is 1.72 bits per heavy atom. The summed E-state index contributed by atoms with van der Waals surface area (Å²) in [4.78, 5) is 17.0. The van der Waals surface area contributed by atoms with E-state index < -0.39 is 21.7 Å². The standard InChI is InChI=1S/C20H13ClFN3O3S/c21-17-10-11-23-19-16(17)12-18(20(26)24-14-8-6-13(22)7-9-14)25(19)29(27,28)15-4-2-1-3-5-15/h1-12H,(H,24,26). The number of amides is 1. The van der Waals surface area contributed by atoms with Crippen molar-refractivity contribution in [3.8, 4) is 0 Å². The van der Waals surface area contributed by atoms with Crippen LogP contribution in [0.2, 0.25) is 5.02 Å². The molecule has 2 aromatic heterocycles. The van der Waals surface area contributed by atoms with Crippen molar-refractivity contribution in [3.05, 3.63) is 89.5 Å². The molecular formula is C20H13ClFN3O3S. The minimum Gasteiger partial charge on any atom is -0.321 e. The predicted molar refractivity (Wildman–Crippen MR) is 108 cm³/mol. The highest BCUT2D eigenvalue weighted by Gasteiger charge is 2.28. The summed E-state index contributed by atoms with van der Waals surface area (Å²) in [6.07, 6.45) is 1.36. The minimum atomic E-state index is -4.14. The maximum absolute atomic E-state index is 13.3. The van der Waals surface area contributed by atoms with Crippen LogP contribution in [-0.4, -0.2) is 23.3 Å². The van der Waals surface area contributed by atoms with Crippen LogP contribution in [0.3, 0.4) is 0 Å². The number of rotatable bonds is 4. The normalized spacial score (nSPS) is 11.5. The quantitative estimate of drug-likeness (QED) is 0.524. The highest BCUT2D eigenvalue weighted by molar-refractivity contribution is 7.90. The number of halogens is 2. The second-order valence-electron chi connectivity index (χ2n) is 6.10. The average molecular weight is 430 g/mol. The first-order chi connectivity index (χ1) is 13.9. The zero-order valence-electron chi connectivity index (χ0n) is 14.7. The van der Waals surface area contributed by atoms with E-state index in [0.29, 0.717) is 11.1 Å². The fraction of sp³-hybridized carbons (Fsp3) is 0. The van der Waals surface area contributed by atoms with Crippen molar-refractivity contribution in [2.24, 2.45) is 0 Å². The van der Waals surface area contributed by atoms with Gasteiger partial charge in [-0.15, -0.1) is 0 Å². The van der Waals surface area contributed by atoms with Crippen LogP contribution in [0.4, 0.5) is 10.1 Å². The Hall–Kier alpha value is -3.23. The molecule has 0 radical (unpaired) electrons. The molecule has 4 rings (SSSR count). The van der Waals surface area contributed by atoms with Gasteiger partial charge < -0.3 is 5.32 Å². The maximum atomic E-state index is 13.3. The van der Waals surface area contributed by atoms with Gasteiger partial charge >= 0.3 is 0 Å². The molecule has 0 saturated heterocycles. The van der Waals surface area contributed by atoms with Gasteiger partial charge in [-0.1, -0.05) is 29.8 Å². The third-order valence-electron chi connectivity index (χ3n) is 4.22. The Labute approximate surface area is 170 Å². The number of nitrogens with zero attached hydrogens (tertiary/aromatic N) is 2. The summed E-state index contributed by atoms with van der Waals surface area (Å²) in [7, 11) is -4.14. The van der Waals surface area contributed by atoms with Gasteiger partial charge in [0, 0.05) is 17.3 Å². The van der Waals surface area contributed by atoms with Crippen LogP contribution >= 0.6 is 11.6 Å². The molecule has 1 amide bonds. The monoisotopic (exact) mass is 429 g/mol. The summed E-state index contributed by atoms with van der Waals surface area (Å²) in [6, 6.07) is 15.7. The van der Waals surface area contributed by atoms with Gasteiger partial charge in [-0.05, 0) is 48.5 Å². The van der Waals surface area contributed by atoms with Crippen LogP contribution in [0.15, 0.2) is 77.8 Å². The van der Waals surface area contributed by atoms with Crippen molar-refractivity contribution >= 4 is 44.3 Å². The number of benzene rings is 2. The summed E-state index contributed by atoms with van der Waals surface area (Å²) in [6.45, 7) is 0. The van der Waals surface area contributed by atoms with Crippen molar-refractivity contribution in [2.75, 3.05) is 5.32 Å². The van der Waals surface area contributed by atoms with Crippen LogP contribution in [-0.2, 0) is 10.0 Å². The Bertz CT molecular complexity index is 1320. The topological polar surface area (TPSA) is 81.1 Å². The molecule has 6 nitrogen and oxygen atoms in total. The lowest BCUT2D eigenvalue weighted by molar-refractivity contribution is 0.102. The van der Waals surface area contributed by atoms with Crippen LogP contribution in [0.5, 0.6) is 0 Å². The van der Waals surface area contributed by atoms with E-state index in [9.17, 15) is 17.6 Å². The van der Waals surface area contributed by atoms with E-state index in [1.54, 1.807) is 18.2 Å². The van der Waals surface area contributed by atoms with Crippen molar-refractivity contribution in [1.82, 2.24) is 8.96 Å². The molecule has 2 aromatic carbocycles. The summed E-state index contributed by atoms with van der Waals surface area (Å²) in [5, 5.41) is 3.14. The fourth-order valence-electron chi connectivity index (χ4n) is 2.87. The Morgan fingerprint density at radius 3 is 2.41 bits per heavy atom. The zero-order valence-corrected chi connectivity index (χ0v) is 16.3. The van der Waals surface area contributed by atoms with Gasteiger partial charge in [-0.3, -0.25) is 4.79 Å². The zero-order chi connectivity index (χ0) is 20.6. The lowest BCUT2D eigenvalue weighted by Crippen LogP contribution is -2.22. The van der Waals surface area contributed by atoms with E-state index >= 15 is 0 Å². The van der Waals surface area contributed by atoms with Crippen molar-refractivity contribution in [3.63, 3.8) is 0 Å². The number of hydrogen-bond acceptors (Lipinski definition) is 4. The largest absolute Gasteiger partial charge is 0.321 e. The molecule has 29 heavy (non-hydrogen) atoms. The van der Waals surface area contributed by atoms with Gasteiger partial charge in [0.25, 0.3) is 15.9 Å². The molecule has 0 spiro atoms. The molecule has 1 N–H and O–H groups in total. The molecule has 0 fully saturated rings. The van der Waals surface area contributed by atoms with E-state index in [0.717, 1.165) is 3.97 Å². The van der Waals surface area contributed by atoms with Gasteiger partial charge in [-0.2, -0.15) is 0 Å². The van der Waals surface area contributed by atoms with Crippen LogP contribution < -0.4 is 5.32 Å². The number of hydrogen-bond donors (Lipinski definition) is 1. The molecule has 0 unspecified atom stereocenters. The molecular weight excluding hydrogens is 417 g/mol. The summed E-state index contributed by atoms with van der Waals surface area (Å²) >= 11 is 6.20. The first kappa shape index (κ1) is 19.1. The van der Waals surface area contributed by atoms with Gasteiger partial charge in [-0.25, -0.2) is 21.8 Å². The molecule has 0 aliphatic carbocycles. The smallest absolute Gasteiger partial charge is 0.273 e. The van der Waals surface area contributed by atoms with Crippen molar-refractivity contribution in [2.45, 2.75) is 4.90 Å². The van der Waals surface area contributed by atoms with E-state index in [4.69, 9.17) is 11.6 Å².